The first-order chi connectivity index (χ1) is 11.0. The maximum absolute atomic E-state index is 12.8. The lowest BCUT2D eigenvalue weighted by atomic mass is 10.3. The Hall–Kier alpha value is -2.11. The van der Waals surface area contributed by atoms with Gasteiger partial charge in [0, 0.05) is 17.3 Å². The van der Waals surface area contributed by atoms with Gasteiger partial charge in [-0.1, -0.05) is 11.6 Å². The zero-order valence-corrected chi connectivity index (χ0v) is 13.5. The summed E-state index contributed by atoms with van der Waals surface area (Å²) < 4.78 is 18.4. The lowest BCUT2D eigenvalue weighted by Crippen LogP contribution is -2.33. The van der Waals surface area contributed by atoms with E-state index in [0.29, 0.717) is 23.9 Å². The van der Waals surface area contributed by atoms with Crippen LogP contribution in [-0.4, -0.2) is 37.6 Å². The maximum Gasteiger partial charge on any atom is 0.238 e. The number of amides is 1. The molecule has 23 heavy (non-hydrogen) atoms. The van der Waals surface area contributed by atoms with Gasteiger partial charge in [-0.2, -0.15) is 0 Å². The fourth-order valence-corrected chi connectivity index (χ4v) is 2.03. The summed E-state index contributed by atoms with van der Waals surface area (Å²) >= 11 is 5.80. The molecule has 0 saturated heterocycles. The van der Waals surface area contributed by atoms with E-state index in [0.717, 1.165) is 5.75 Å². The van der Waals surface area contributed by atoms with Crippen molar-refractivity contribution in [1.29, 1.82) is 0 Å². The molecule has 0 bridgehead atoms. The van der Waals surface area contributed by atoms with Crippen LogP contribution >= 0.6 is 11.6 Å². The fourth-order valence-electron chi connectivity index (χ4n) is 1.91. The number of carbonyl (C=O) groups excluding carboxylic acids is 1. The molecule has 0 radical (unpaired) electrons. The average Bonchev–Trinajstić information content (AvgIpc) is 2.51. The number of anilines is 1. The van der Waals surface area contributed by atoms with Gasteiger partial charge in [-0.25, -0.2) is 4.39 Å². The SMILES string of the molecule is CN(CCOc1ccc(Cl)cc1)CC(=O)Nc1ccc(F)cc1. The number of rotatable bonds is 7. The molecule has 0 spiro atoms. The summed E-state index contributed by atoms with van der Waals surface area (Å²) in [7, 11) is 1.83. The van der Waals surface area contributed by atoms with Crippen molar-refractivity contribution in [2.75, 3.05) is 32.1 Å². The Kier molecular flexibility index (Phi) is 6.38. The molecule has 0 aliphatic heterocycles. The van der Waals surface area contributed by atoms with E-state index in [1.807, 2.05) is 11.9 Å². The van der Waals surface area contributed by atoms with Crippen molar-refractivity contribution in [3.8, 4) is 5.75 Å². The fraction of sp³-hybridized carbons (Fsp3) is 0.235. The van der Waals surface area contributed by atoms with Gasteiger partial charge in [-0.05, 0) is 55.6 Å². The Morgan fingerprint density at radius 2 is 1.83 bits per heavy atom. The second kappa shape index (κ2) is 8.50. The van der Waals surface area contributed by atoms with E-state index >= 15 is 0 Å². The molecule has 0 saturated carbocycles. The smallest absolute Gasteiger partial charge is 0.238 e. The van der Waals surface area contributed by atoms with Crippen molar-refractivity contribution >= 4 is 23.2 Å². The highest BCUT2D eigenvalue weighted by atomic mass is 35.5. The highest BCUT2D eigenvalue weighted by Gasteiger charge is 2.07. The van der Waals surface area contributed by atoms with E-state index < -0.39 is 0 Å². The highest BCUT2D eigenvalue weighted by Crippen LogP contribution is 2.15. The lowest BCUT2D eigenvalue weighted by molar-refractivity contribution is -0.117. The summed E-state index contributed by atoms with van der Waals surface area (Å²) in [5.41, 5.74) is 0.571. The molecule has 6 heteroatoms. The van der Waals surface area contributed by atoms with Crippen molar-refractivity contribution in [2.45, 2.75) is 0 Å². The minimum atomic E-state index is -0.334. The zero-order chi connectivity index (χ0) is 16.7. The van der Waals surface area contributed by atoms with E-state index in [2.05, 4.69) is 5.32 Å². The van der Waals surface area contributed by atoms with Crippen molar-refractivity contribution in [3.05, 3.63) is 59.4 Å². The zero-order valence-electron chi connectivity index (χ0n) is 12.8. The van der Waals surface area contributed by atoms with Crippen molar-refractivity contribution in [2.24, 2.45) is 0 Å². The van der Waals surface area contributed by atoms with Crippen LogP contribution in [-0.2, 0) is 4.79 Å². The maximum atomic E-state index is 12.8. The van der Waals surface area contributed by atoms with Crippen molar-refractivity contribution < 1.29 is 13.9 Å². The van der Waals surface area contributed by atoms with Crippen LogP contribution in [0, 0.1) is 5.82 Å². The summed E-state index contributed by atoms with van der Waals surface area (Å²) in [4.78, 5) is 13.7. The normalized spacial score (nSPS) is 10.6. The average molecular weight is 337 g/mol. The number of hydrogen-bond donors (Lipinski definition) is 1. The van der Waals surface area contributed by atoms with E-state index in [9.17, 15) is 9.18 Å². The molecule has 2 aromatic rings. The van der Waals surface area contributed by atoms with Crippen LogP contribution in [0.4, 0.5) is 10.1 Å². The Morgan fingerprint density at radius 1 is 1.17 bits per heavy atom. The number of ether oxygens (including phenoxy) is 1. The van der Waals surface area contributed by atoms with Gasteiger partial charge in [0.15, 0.2) is 0 Å². The number of likely N-dealkylation sites (N-methyl/N-ethyl adjacent to an activating group) is 1. The molecule has 2 rings (SSSR count). The van der Waals surface area contributed by atoms with Gasteiger partial charge in [0.25, 0.3) is 0 Å². The second-order valence-electron chi connectivity index (χ2n) is 5.10. The third kappa shape index (κ3) is 6.26. The molecule has 4 nitrogen and oxygen atoms in total. The molecule has 0 atom stereocenters. The molecular weight excluding hydrogens is 319 g/mol. The minimum Gasteiger partial charge on any atom is -0.492 e. The number of nitrogens with one attached hydrogen (secondary N) is 1. The van der Waals surface area contributed by atoms with E-state index in [-0.39, 0.29) is 18.3 Å². The molecule has 0 heterocycles. The van der Waals surface area contributed by atoms with Gasteiger partial charge in [-0.3, -0.25) is 9.69 Å². The molecule has 0 fully saturated rings. The van der Waals surface area contributed by atoms with Crippen molar-refractivity contribution in [1.82, 2.24) is 4.90 Å². The molecule has 1 amide bonds. The summed E-state index contributed by atoms with van der Waals surface area (Å²) in [5.74, 6) is 0.239. The van der Waals surface area contributed by atoms with Crippen LogP contribution in [0.3, 0.4) is 0 Å². The van der Waals surface area contributed by atoms with E-state index in [4.69, 9.17) is 16.3 Å². The largest absolute Gasteiger partial charge is 0.492 e. The first-order valence-electron chi connectivity index (χ1n) is 7.15. The van der Waals surface area contributed by atoms with Gasteiger partial charge >= 0.3 is 0 Å². The van der Waals surface area contributed by atoms with E-state index in [1.165, 1.54) is 24.3 Å². The Balaban J connectivity index is 1.69. The molecule has 0 unspecified atom stereocenters. The summed E-state index contributed by atoms with van der Waals surface area (Å²) in [6, 6.07) is 12.8. The Labute approximate surface area is 139 Å². The molecule has 122 valence electrons. The molecule has 1 N–H and O–H groups in total. The standard InChI is InChI=1S/C17H18ClFN2O2/c1-21(10-11-23-16-8-2-13(18)3-9-16)12-17(22)20-15-6-4-14(19)5-7-15/h2-9H,10-12H2,1H3,(H,20,22). The van der Waals surface area contributed by atoms with Crippen LogP contribution in [0.2, 0.25) is 5.02 Å². The summed E-state index contributed by atoms with van der Waals surface area (Å²) in [5, 5.41) is 3.37. The molecular formula is C17H18ClFN2O2. The highest BCUT2D eigenvalue weighted by molar-refractivity contribution is 6.30. The Morgan fingerprint density at radius 3 is 2.48 bits per heavy atom. The molecule has 0 aliphatic carbocycles. The third-order valence-electron chi connectivity index (χ3n) is 3.10. The number of hydrogen-bond acceptors (Lipinski definition) is 3. The number of benzene rings is 2. The second-order valence-corrected chi connectivity index (χ2v) is 5.53. The summed E-state index contributed by atoms with van der Waals surface area (Å²) in [6.45, 7) is 1.28. The van der Waals surface area contributed by atoms with Crippen LogP contribution < -0.4 is 10.1 Å². The Bertz CT molecular complexity index is 632. The van der Waals surface area contributed by atoms with Crippen LogP contribution in [0.25, 0.3) is 0 Å². The van der Waals surface area contributed by atoms with Gasteiger partial charge in [0.05, 0.1) is 6.54 Å². The van der Waals surface area contributed by atoms with Gasteiger partial charge in [-0.15, -0.1) is 0 Å². The quantitative estimate of drug-likeness (QED) is 0.842. The first-order valence-corrected chi connectivity index (χ1v) is 7.53. The van der Waals surface area contributed by atoms with Crippen LogP contribution in [0.15, 0.2) is 48.5 Å². The number of nitrogens with zero attached hydrogens (tertiary/aromatic N) is 1. The number of carbonyl (C=O) groups is 1. The first kappa shape index (κ1) is 17.2. The summed E-state index contributed by atoms with van der Waals surface area (Å²) in [6.07, 6.45) is 0. The molecule has 0 aromatic heterocycles. The lowest BCUT2D eigenvalue weighted by Gasteiger charge is -2.16. The minimum absolute atomic E-state index is 0.161. The van der Waals surface area contributed by atoms with Gasteiger partial charge < -0.3 is 10.1 Å². The topological polar surface area (TPSA) is 41.6 Å². The van der Waals surface area contributed by atoms with Crippen molar-refractivity contribution in [3.63, 3.8) is 0 Å². The number of halogens is 2. The predicted molar refractivity (Wildman–Crippen MR) is 89.5 cm³/mol. The predicted octanol–water partition coefficient (Wildman–Crippen LogP) is 3.43. The van der Waals surface area contributed by atoms with Crippen LogP contribution in [0.1, 0.15) is 0 Å². The molecule has 2 aromatic carbocycles. The monoisotopic (exact) mass is 336 g/mol. The molecule has 0 aliphatic rings. The van der Waals surface area contributed by atoms with Gasteiger partial charge in [0.1, 0.15) is 18.2 Å². The van der Waals surface area contributed by atoms with Gasteiger partial charge in [0.2, 0.25) is 5.91 Å². The van der Waals surface area contributed by atoms with Crippen LogP contribution in [0.5, 0.6) is 5.75 Å². The third-order valence-corrected chi connectivity index (χ3v) is 3.35. The van der Waals surface area contributed by atoms with E-state index in [1.54, 1.807) is 24.3 Å².